The van der Waals surface area contributed by atoms with Crippen molar-refractivity contribution in [1.29, 1.82) is 0 Å². The zero-order valence-corrected chi connectivity index (χ0v) is 22.1. The summed E-state index contributed by atoms with van der Waals surface area (Å²) in [6.45, 7) is 3.97. The number of methoxy groups -OCH3 is 2. The highest BCUT2D eigenvalue weighted by atomic mass is 19.4. The summed E-state index contributed by atoms with van der Waals surface area (Å²) in [5.74, 6) is 0.595. The number of fused-ring (bicyclic) bond motifs is 1. The monoisotopic (exact) mass is 550 g/mol. The maximum Gasteiger partial charge on any atom is 0.433 e. The van der Waals surface area contributed by atoms with E-state index in [1.54, 1.807) is 49.9 Å². The fourth-order valence-corrected chi connectivity index (χ4v) is 4.39. The number of aryl methyl sites for hydroxylation is 1. The topological polar surface area (TPSA) is 95.6 Å². The number of nitrogens with one attached hydrogen (secondary N) is 1. The van der Waals surface area contributed by atoms with Crippen LogP contribution >= 0.6 is 0 Å². The highest BCUT2D eigenvalue weighted by Crippen LogP contribution is 2.33. The zero-order chi connectivity index (χ0) is 28.6. The van der Waals surface area contributed by atoms with E-state index in [-0.39, 0.29) is 16.9 Å². The molecule has 0 saturated heterocycles. The summed E-state index contributed by atoms with van der Waals surface area (Å²) in [6, 6.07) is 14.9. The summed E-state index contributed by atoms with van der Waals surface area (Å²) >= 11 is 0. The molecule has 0 fully saturated rings. The van der Waals surface area contributed by atoms with Gasteiger partial charge in [-0.15, -0.1) is 0 Å². The van der Waals surface area contributed by atoms with Crippen LogP contribution in [0.4, 0.5) is 18.9 Å². The molecular weight excluding hydrogens is 525 g/mol. The van der Waals surface area contributed by atoms with E-state index in [0.29, 0.717) is 45.2 Å². The van der Waals surface area contributed by atoms with Crippen molar-refractivity contribution in [2.45, 2.75) is 26.6 Å². The average Bonchev–Trinajstić information content (AvgIpc) is 3.48. The van der Waals surface area contributed by atoms with Crippen molar-refractivity contribution < 1.29 is 27.4 Å². The summed E-state index contributed by atoms with van der Waals surface area (Å²) in [7, 11) is 3.08. The predicted octanol–water partition coefficient (Wildman–Crippen LogP) is 5.55. The van der Waals surface area contributed by atoms with Crippen molar-refractivity contribution >= 4 is 17.2 Å². The average molecular weight is 551 g/mol. The van der Waals surface area contributed by atoms with Crippen LogP contribution in [0, 0.1) is 13.8 Å². The second-order valence-corrected chi connectivity index (χ2v) is 9.06. The fourth-order valence-electron chi connectivity index (χ4n) is 4.39. The van der Waals surface area contributed by atoms with E-state index >= 15 is 0 Å². The number of benzene rings is 2. The lowest BCUT2D eigenvalue weighted by atomic mass is 10.1. The molecule has 0 saturated carbocycles. The van der Waals surface area contributed by atoms with Gasteiger partial charge in [-0.05, 0) is 61.9 Å². The molecule has 5 rings (SSSR count). The summed E-state index contributed by atoms with van der Waals surface area (Å²) in [6.07, 6.45) is -3.66. The number of rotatable bonds is 7. The van der Waals surface area contributed by atoms with Crippen LogP contribution in [-0.2, 0) is 12.7 Å². The third-order valence-electron chi connectivity index (χ3n) is 6.48. The molecule has 0 aliphatic carbocycles. The number of halogens is 3. The lowest BCUT2D eigenvalue weighted by molar-refractivity contribution is -0.142. The second-order valence-electron chi connectivity index (χ2n) is 9.06. The number of nitrogens with zero attached hydrogens (tertiary/aromatic N) is 5. The highest BCUT2D eigenvalue weighted by molar-refractivity contribution is 6.08. The molecule has 40 heavy (non-hydrogen) atoms. The Labute approximate surface area is 227 Å². The van der Waals surface area contributed by atoms with E-state index in [0.717, 1.165) is 17.8 Å². The molecule has 1 amide bonds. The largest absolute Gasteiger partial charge is 0.497 e. The van der Waals surface area contributed by atoms with Crippen LogP contribution in [0.1, 0.15) is 33.0 Å². The first-order valence-corrected chi connectivity index (χ1v) is 12.2. The Morgan fingerprint density at radius 3 is 2.40 bits per heavy atom. The molecule has 2 aromatic carbocycles. The fraction of sp³-hybridized carbons (Fsp3) is 0.214. The van der Waals surface area contributed by atoms with Gasteiger partial charge in [-0.1, -0.05) is 12.1 Å². The predicted molar refractivity (Wildman–Crippen MR) is 142 cm³/mol. The second kappa shape index (κ2) is 10.4. The van der Waals surface area contributed by atoms with Crippen LogP contribution in [0.25, 0.3) is 16.9 Å². The Balaban J connectivity index is 1.50. The minimum absolute atomic E-state index is 0.0375. The molecule has 0 unspecified atom stereocenters. The molecule has 206 valence electrons. The van der Waals surface area contributed by atoms with Gasteiger partial charge < -0.3 is 14.8 Å². The first kappa shape index (κ1) is 26.7. The Morgan fingerprint density at radius 1 is 1.00 bits per heavy atom. The van der Waals surface area contributed by atoms with Crippen molar-refractivity contribution in [3.63, 3.8) is 0 Å². The van der Waals surface area contributed by atoms with Crippen LogP contribution in [-0.4, -0.2) is 44.5 Å². The van der Waals surface area contributed by atoms with Crippen LogP contribution in [0.15, 0.2) is 60.8 Å². The standard InChI is InChI=1S/C28H25F3N6O3/c1-16-25(17(2)36(35-16)15-18-6-5-7-21(12-18)40-4)34-27(38)22-14-32-37-24(28(29,30)31)13-23(33-26(22)37)19-8-10-20(39-3)11-9-19/h5-14H,15H2,1-4H3,(H,34,38). The van der Waals surface area contributed by atoms with Gasteiger partial charge in [0, 0.05) is 5.56 Å². The number of ether oxygens (including phenoxy) is 2. The van der Waals surface area contributed by atoms with Gasteiger partial charge in [-0.2, -0.15) is 23.4 Å². The van der Waals surface area contributed by atoms with Crippen molar-refractivity contribution in [2.24, 2.45) is 0 Å². The van der Waals surface area contributed by atoms with Gasteiger partial charge in [-0.25, -0.2) is 9.50 Å². The molecule has 0 radical (unpaired) electrons. The maximum atomic E-state index is 14.0. The van der Waals surface area contributed by atoms with Crippen LogP contribution < -0.4 is 14.8 Å². The summed E-state index contributed by atoms with van der Waals surface area (Å²) in [4.78, 5) is 17.8. The quantitative estimate of drug-likeness (QED) is 0.286. The molecule has 1 N–H and O–H groups in total. The Hall–Kier alpha value is -4.87. The number of amides is 1. The van der Waals surface area contributed by atoms with Crippen molar-refractivity contribution in [1.82, 2.24) is 24.4 Å². The molecule has 12 heteroatoms. The van der Waals surface area contributed by atoms with Gasteiger partial charge in [0.2, 0.25) is 0 Å². The molecule has 5 aromatic rings. The van der Waals surface area contributed by atoms with E-state index in [4.69, 9.17) is 9.47 Å². The lowest BCUT2D eigenvalue weighted by Gasteiger charge is -2.12. The Morgan fingerprint density at radius 2 is 1.73 bits per heavy atom. The molecule has 0 atom stereocenters. The minimum atomic E-state index is -4.74. The van der Waals surface area contributed by atoms with E-state index in [1.807, 2.05) is 24.3 Å². The number of aromatic nitrogens is 5. The smallest absolute Gasteiger partial charge is 0.433 e. The molecule has 0 aliphatic heterocycles. The van der Waals surface area contributed by atoms with Crippen LogP contribution in [0.2, 0.25) is 0 Å². The number of hydrogen-bond donors (Lipinski definition) is 1. The van der Waals surface area contributed by atoms with E-state index in [2.05, 4.69) is 20.5 Å². The third kappa shape index (κ3) is 5.07. The molecule has 0 aliphatic rings. The minimum Gasteiger partial charge on any atom is -0.497 e. The van der Waals surface area contributed by atoms with Crippen molar-refractivity contribution in [2.75, 3.05) is 19.5 Å². The number of carbonyl (C=O) groups excluding carboxylic acids is 1. The number of alkyl halides is 3. The number of hydrogen-bond acceptors (Lipinski definition) is 6. The van der Waals surface area contributed by atoms with Gasteiger partial charge >= 0.3 is 6.18 Å². The van der Waals surface area contributed by atoms with Gasteiger partial charge in [0.25, 0.3) is 5.91 Å². The van der Waals surface area contributed by atoms with Gasteiger partial charge in [0.1, 0.15) is 17.1 Å². The molecule has 3 heterocycles. The molecular formula is C28H25F3N6O3. The Kier molecular flexibility index (Phi) is 6.92. The molecule has 3 aromatic heterocycles. The highest BCUT2D eigenvalue weighted by Gasteiger charge is 2.36. The van der Waals surface area contributed by atoms with E-state index in [1.165, 1.54) is 7.11 Å². The summed E-state index contributed by atoms with van der Waals surface area (Å²) in [5, 5.41) is 11.2. The first-order chi connectivity index (χ1) is 19.1. The zero-order valence-electron chi connectivity index (χ0n) is 22.1. The van der Waals surface area contributed by atoms with Crippen molar-refractivity contribution in [3.8, 4) is 22.8 Å². The van der Waals surface area contributed by atoms with Gasteiger partial charge in [0.15, 0.2) is 11.3 Å². The van der Waals surface area contributed by atoms with E-state index < -0.39 is 17.8 Å². The molecule has 9 nitrogen and oxygen atoms in total. The normalized spacial score (nSPS) is 11.6. The van der Waals surface area contributed by atoms with Crippen LogP contribution in [0.3, 0.4) is 0 Å². The van der Waals surface area contributed by atoms with E-state index in [9.17, 15) is 18.0 Å². The number of anilines is 1. The van der Waals surface area contributed by atoms with Crippen LogP contribution in [0.5, 0.6) is 11.5 Å². The third-order valence-corrected chi connectivity index (χ3v) is 6.48. The molecule has 0 bridgehead atoms. The van der Waals surface area contributed by atoms with Gasteiger partial charge in [-0.3, -0.25) is 9.48 Å². The summed E-state index contributed by atoms with van der Waals surface area (Å²) < 4.78 is 54.8. The summed E-state index contributed by atoms with van der Waals surface area (Å²) in [5.41, 5.74) is 1.69. The molecule has 0 spiro atoms. The number of carbonyl (C=O) groups is 1. The first-order valence-electron chi connectivity index (χ1n) is 12.2. The maximum absolute atomic E-state index is 14.0. The lowest BCUT2D eigenvalue weighted by Crippen LogP contribution is -2.16. The Bertz CT molecular complexity index is 1710. The van der Waals surface area contributed by atoms with Gasteiger partial charge in [0.05, 0.1) is 49.7 Å². The van der Waals surface area contributed by atoms with Crippen molar-refractivity contribution in [3.05, 3.63) is 89.0 Å². The SMILES string of the molecule is COc1ccc(-c2cc(C(F)(F)F)n3ncc(C(=O)Nc4c(C)nn(Cc5cccc(OC)c5)c4C)c3n2)cc1.